The quantitative estimate of drug-likeness (QED) is 0.710. The Morgan fingerprint density at radius 3 is 2.94 bits per heavy atom. The molecule has 0 aliphatic rings. The maximum Gasteiger partial charge on any atom is 0.223 e. The van der Waals surface area contributed by atoms with Crippen LogP contribution >= 0.6 is 0 Å². The average Bonchev–Trinajstić information content (AvgIpc) is 2.87. The minimum absolute atomic E-state index is 0.0510. The summed E-state index contributed by atoms with van der Waals surface area (Å²) >= 11 is 0. The van der Waals surface area contributed by atoms with E-state index < -0.39 is 0 Å². The van der Waals surface area contributed by atoms with E-state index in [4.69, 9.17) is 15.4 Å². The summed E-state index contributed by atoms with van der Waals surface area (Å²) in [5.41, 5.74) is 5.40. The van der Waals surface area contributed by atoms with Crippen molar-refractivity contribution in [1.82, 2.24) is 4.90 Å². The highest BCUT2D eigenvalue weighted by atomic mass is 16.3. The number of rotatable bonds is 8. The lowest BCUT2D eigenvalue weighted by Crippen LogP contribution is -2.31. The van der Waals surface area contributed by atoms with Gasteiger partial charge in [-0.3, -0.25) is 4.79 Å². The largest absolute Gasteiger partial charge is 0.467 e. The lowest BCUT2D eigenvalue weighted by molar-refractivity contribution is -0.132. The zero-order chi connectivity index (χ0) is 13.2. The molecule has 0 aromatic carbocycles. The maximum atomic E-state index is 12.0. The van der Waals surface area contributed by atoms with E-state index in [0.29, 0.717) is 32.5 Å². The molecule has 18 heavy (non-hydrogen) atoms. The number of unbranched alkanes of at least 4 members (excludes halogenated alkanes) is 1. The molecule has 98 valence electrons. The van der Waals surface area contributed by atoms with Crippen molar-refractivity contribution in [3.8, 4) is 6.07 Å². The van der Waals surface area contributed by atoms with Crippen LogP contribution in [-0.2, 0) is 11.3 Å². The fourth-order valence-electron chi connectivity index (χ4n) is 1.65. The topological polar surface area (TPSA) is 83.3 Å². The van der Waals surface area contributed by atoms with Crippen LogP contribution in [0.4, 0.5) is 0 Å². The molecule has 0 saturated carbocycles. The zero-order valence-corrected chi connectivity index (χ0v) is 10.5. The van der Waals surface area contributed by atoms with Gasteiger partial charge in [0.25, 0.3) is 0 Å². The van der Waals surface area contributed by atoms with Gasteiger partial charge in [-0.1, -0.05) is 0 Å². The Hall–Kier alpha value is -1.80. The fraction of sp³-hybridized carbons (Fsp3) is 0.538. The van der Waals surface area contributed by atoms with Gasteiger partial charge in [-0.25, -0.2) is 0 Å². The van der Waals surface area contributed by atoms with Crippen molar-refractivity contribution < 1.29 is 9.21 Å². The van der Waals surface area contributed by atoms with Gasteiger partial charge in [0, 0.05) is 13.0 Å². The summed E-state index contributed by atoms with van der Waals surface area (Å²) in [5.74, 6) is 0.787. The lowest BCUT2D eigenvalue weighted by atomic mass is 10.2. The number of furan rings is 1. The first-order valence-corrected chi connectivity index (χ1v) is 6.15. The molecule has 5 heteroatoms. The van der Waals surface area contributed by atoms with E-state index in [-0.39, 0.29) is 5.91 Å². The molecule has 0 spiro atoms. The maximum absolute atomic E-state index is 12.0. The molecule has 0 unspecified atom stereocenters. The summed E-state index contributed by atoms with van der Waals surface area (Å²) in [6.07, 6.45) is 4.03. The lowest BCUT2D eigenvalue weighted by Gasteiger charge is -2.20. The first-order valence-electron chi connectivity index (χ1n) is 6.15. The first-order chi connectivity index (χ1) is 8.77. The van der Waals surface area contributed by atoms with E-state index in [1.165, 1.54) is 0 Å². The molecule has 0 aliphatic heterocycles. The molecule has 5 nitrogen and oxygen atoms in total. The molecule has 0 atom stereocenters. The third-order valence-corrected chi connectivity index (χ3v) is 2.62. The van der Waals surface area contributed by atoms with Gasteiger partial charge >= 0.3 is 0 Å². The molecule has 0 radical (unpaired) electrons. The normalized spacial score (nSPS) is 10.0. The summed E-state index contributed by atoms with van der Waals surface area (Å²) in [6.45, 7) is 1.47. The van der Waals surface area contributed by atoms with Crippen molar-refractivity contribution in [2.24, 2.45) is 5.73 Å². The van der Waals surface area contributed by atoms with E-state index >= 15 is 0 Å². The van der Waals surface area contributed by atoms with Gasteiger partial charge in [0.15, 0.2) is 0 Å². The predicted octanol–water partition coefficient (Wildman–Crippen LogP) is 1.65. The van der Waals surface area contributed by atoms with Crippen LogP contribution in [0.2, 0.25) is 0 Å². The Labute approximate surface area is 107 Å². The Kier molecular flexibility index (Phi) is 6.59. The van der Waals surface area contributed by atoms with Gasteiger partial charge in [0.2, 0.25) is 5.91 Å². The second-order valence-electron chi connectivity index (χ2n) is 4.05. The molecule has 2 N–H and O–H groups in total. The number of nitriles is 1. The van der Waals surface area contributed by atoms with E-state index in [1.54, 1.807) is 17.2 Å². The minimum atomic E-state index is 0.0510. The summed E-state index contributed by atoms with van der Waals surface area (Å²) < 4.78 is 5.22. The number of amides is 1. The molecule has 0 bridgehead atoms. The van der Waals surface area contributed by atoms with Crippen molar-refractivity contribution in [1.29, 1.82) is 5.26 Å². The third-order valence-electron chi connectivity index (χ3n) is 2.62. The van der Waals surface area contributed by atoms with Crippen LogP contribution in [0.15, 0.2) is 22.8 Å². The van der Waals surface area contributed by atoms with Crippen LogP contribution in [0, 0.1) is 11.3 Å². The molecule has 1 heterocycles. The molecule has 1 aromatic rings. The van der Waals surface area contributed by atoms with Crippen molar-refractivity contribution >= 4 is 5.91 Å². The van der Waals surface area contributed by atoms with Crippen LogP contribution in [0.5, 0.6) is 0 Å². The molecular weight excluding hydrogens is 230 g/mol. The number of nitrogens with zero attached hydrogens (tertiary/aromatic N) is 2. The fourth-order valence-corrected chi connectivity index (χ4v) is 1.65. The van der Waals surface area contributed by atoms with Crippen molar-refractivity contribution in [2.45, 2.75) is 32.2 Å². The molecule has 1 rings (SSSR count). The number of hydrogen-bond acceptors (Lipinski definition) is 4. The Morgan fingerprint density at radius 2 is 2.33 bits per heavy atom. The van der Waals surface area contributed by atoms with Gasteiger partial charge < -0.3 is 15.1 Å². The standard InChI is InChI=1S/C13H19N3O2/c14-7-2-1-6-13(17)16(9-4-8-15)11-12-5-3-10-18-12/h3,5,10H,1-2,4,6-7,9,11,14H2. The van der Waals surface area contributed by atoms with Crippen molar-refractivity contribution in [2.75, 3.05) is 13.1 Å². The van der Waals surface area contributed by atoms with Crippen LogP contribution in [0.25, 0.3) is 0 Å². The summed E-state index contributed by atoms with van der Waals surface area (Å²) in [5, 5.41) is 8.61. The smallest absolute Gasteiger partial charge is 0.223 e. The monoisotopic (exact) mass is 249 g/mol. The zero-order valence-electron chi connectivity index (χ0n) is 10.5. The van der Waals surface area contributed by atoms with Gasteiger partial charge in [-0.2, -0.15) is 5.26 Å². The Morgan fingerprint density at radius 1 is 1.50 bits per heavy atom. The first kappa shape index (κ1) is 14.3. The SMILES string of the molecule is N#CCCN(Cc1ccco1)C(=O)CCCCN. The molecule has 1 aromatic heterocycles. The minimum Gasteiger partial charge on any atom is -0.467 e. The second kappa shape index (κ2) is 8.31. The molecule has 1 amide bonds. The van der Waals surface area contributed by atoms with E-state index in [0.717, 1.165) is 18.6 Å². The van der Waals surface area contributed by atoms with Gasteiger partial charge in [-0.05, 0) is 31.5 Å². The second-order valence-corrected chi connectivity index (χ2v) is 4.05. The van der Waals surface area contributed by atoms with Crippen molar-refractivity contribution in [3.05, 3.63) is 24.2 Å². The third kappa shape index (κ3) is 5.02. The Bertz CT molecular complexity index is 381. The number of nitrogens with two attached hydrogens (primary N) is 1. The van der Waals surface area contributed by atoms with Gasteiger partial charge in [-0.15, -0.1) is 0 Å². The highest BCUT2D eigenvalue weighted by molar-refractivity contribution is 5.76. The number of carbonyl (C=O) groups excluding carboxylic acids is 1. The molecule has 0 fully saturated rings. The molecular formula is C13H19N3O2. The van der Waals surface area contributed by atoms with E-state index in [1.807, 2.05) is 6.07 Å². The van der Waals surface area contributed by atoms with Crippen molar-refractivity contribution in [3.63, 3.8) is 0 Å². The molecule has 0 saturated heterocycles. The van der Waals surface area contributed by atoms with Gasteiger partial charge in [0.1, 0.15) is 5.76 Å². The Balaban J connectivity index is 2.48. The average molecular weight is 249 g/mol. The van der Waals surface area contributed by atoms with Crippen LogP contribution in [0.3, 0.4) is 0 Å². The summed E-state index contributed by atoms with van der Waals surface area (Å²) in [7, 11) is 0. The summed E-state index contributed by atoms with van der Waals surface area (Å²) in [4.78, 5) is 13.6. The highest BCUT2D eigenvalue weighted by Crippen LogP contribution is 2.09. The predicted molar refractivity (Wildman–Crippen MR) is 67.3 cm³/mol. The van der Waals surface area contributed by atoms with E-state index in [2.05, 4.69) is 6.07 Å². The van der Waals surface area contributed by atoms with E-state index in [9.17, 15) is 4.79 Å². The van der Waals surface area contributed by atoms with Crippen LogP contribution in [-0.4, -0.2) is 23.9 Å². The van der Waals surface area contributed by atoms with Gasteiger partial charge in [0.05, 0.1) is 25.3 Å². The number of hydrogen-bond donors (Lipinski definition) is 1. The number of carbonyl (C=O) groups is 1. The summed E-state index contributed by atoms with van der Waals surface area (Å²) in [6, 6.07) is 5.67. The van der Waals surface area contributed by atoms with Crippen LogP contribution in [0.1, 0.15) is 31.4 Å². The highest BCUT2D eigenvalue weighted by Gasteiger charge is 2.14. The van der Waals surface area contributed by atoms with Crippen LogP contribution < -0.4 is 5.73 Å². The molecule has 0 aliphatic carbocycles.